The Bertz CT molecular complexity index is 650. The Kier molecular flexibility index (Phi) is 3.04. The first-order chi connectivity index (χ1) is 10.3. The number of nitrogens with one attached hydrogen (secondary N) is 1. The highest BCUT2D eigenvalue weighted by Crippen LogP contribution is 2.36. The topological polar surface area (TPSA) is 74.1 Å². The maximum atomic E-state index is 6.08. The smallest absolute Gasteiger partial charge is 0.228 e. The third-order valence-corrected chi connectivity index (χ3v) is 4.46. The van der Waals surface area contributed by atoms with E-state index in [0.29, 0.717) is 12.5 Å². The second-order valence-electron chi connectivity index (χ2n) is 5.87. The molecule has 1 atom stereocenters. The predicted molar refractivity (Wildman–Crippen MR) is 76.1 cm³/mol. The van der Waals surface area contributed by atoms with Crippen LogP contribution in [-0.4, -0.2) is 51.1 Å². The number of ether oxygens (including phenoxy) is 2. The molecule has 2 aliphatic heterocycles. The molecule has 0 radical (unpaired) electrons. The number of piperidine rings is 1. The molecule has 4 rings (SSSR count). The van der Waals surface area contributed by atoms with Gasteiger partial charge in [-0.05, 0) is 25.9 Å². The summed E-state index contributed by atoms with van der Waals surface area (Å²) in [5.41, 5.74) is 0.785. The van der Waals surface area contributed by atoms with Crippen LogP contribution in [0.25, 0.3) is 11.0 Å². The zero-order valence-electron chi connectivity index (χ0n) is 12.1. The minimum atomic E-state index is -0.00298. The molecule has 7 nitrogen and oxygen atoms in total. The third-order valence-electron chi connectivity index (χ3n) is 4.46. The van der Waals surface area contributed by atoms with E-state index in [2.05, 4.69) is 20.4 Å². The summed E-state index contributed by atoms with van der Waals surface area (Å²) < 4.78 is 13.9. The van der Waals surface area contributed by atoms with E-state index in [1.807, 2.05) is 7.05 Å². The number of hydrogen-bond donors (Lipinski definition) is 1. The minimum absolute atomic E-state index is 0.00298. The van der Waals surface area contributed by atoms with Crippen LogP contribution in [0.15, 0.2) is 12.5 Å². The molecule has 1 N–H and O–H groups in total. The fourth-order valence-electron chi connectivity index (χ4n) is 3.30. The average molecular weight is 289 g/mol. The van der Waals surface area contributed by atoms with Gasteiger partial charge in [0.2, 0.25) is 5.88 Å². The molecular weight excluding hydrogens is 270 g/mol. The van der Waals surface area contributed by atoms with Crippen molar-refractivity contribution in [1.29, 1.82) is 0 Å². The van der Waals surface area contributed by atoms with Crippen molar-refractivity contribution >= 4 is 11.0 Å². The molecule has 112 valence electrons. The summed E-state index contributed by atoms with van der Waals surface area (Å²) in [4.78, 5) is 8.49. The van der Waals surface area contributed by atoms with Crippen molar-refractivity contribution in [2.75, 3.05) is 19.7 Å². The van der Waals surface area contributed by atoms with Gasteiger partial charge in [-0.25, -0.2) is 9.97 Å². The second-order valence-corrected chi connectivity index (χ2v) is 5.87. The Labute approximate surface area is 122 Å². The molecule has 0 aliphatic carbocycles. The van der Waals surface area contributed by atoms with Gasteiger partial charge in [0.25, 0.3) is 0 Å². The monoisotopic (exact) mass is 289 g/mol. The molecule has 1 spiro atoms. The molecule has 2 aromatic rings. The first kappa shape index (κ1) is 13.0. The number of fused-ring (bicyclic) bond motifs is 1. The van der Waals surface area contributed by atoms with E-state index >= 15 is 0 Å². The minimum Gasteiger partial charge on any atom is -0.471 e. The van der Waals surface area contributed by atoms with Crippen molar-refractivity contribution in [3.8, 4) is 5.88 Å². The Morgan fingerprint density at radius 3 is 3.10 bits per heavy atom. The largest absolute Gasteiger partial charge is 0.471 e. The van der Waals surface area contributed by atoms with Gasteiger partial charge in [0.05, 0.1) is 18.4 Å². The highest BCUT2D eigenvalue weighted by molar-refractivity contribution is 5.79. The standard InChI is InChI=1S/C14H19N5O2/c1-19-12-11(7-18-19)13(17-9-16-12)21-10-6-14(20-8-10)2-4-15-5-3-14/h7,9-10,15H,2-6,8H2,1H3. The number of nitrogens with zero attached hydrogens (tertiary/aromatic N) is 4. The van der Waals surface area contributed by atoms with Crippen molar-refractivity contribution in [2.45, 2.75) is 31.0 Å². The molecular formula is C14H19N5O2. The average Bonchev–Trinajstić information content (AvgIpc) is 3.06. The fraction of sp³-hybridized carbons (Fsp3) is 0.643. The molecule has 2 aliphatic rings. The van der Waals surface area contributed by atoms with Crippen LogP contribution >= 0.6 is 0 Å². The Balaban J connectivity index is 1.53. The van der Waals surface area contributed by atoms with Crippen LogP contribution in [0.2, 0.25) is 0 Å². The molecule has 0 amide bonds. The number of aryl methyl sites for hydroxylation is 1. The maximum Gasteiger partial charge on any atom is 0.228 e. The van der Waals surface area contributed by atoms with Gasteiger partial charge >= 0.3 is 0 Å². The second kappa shape index (κ2) is 4.92. The van der Waals surface area contributed by atoms with Gasteiger partial charge in [-0.15, -0.1) is 0 Å². The van der Waals surface area contributed by atoms with Crippen LogP contribution in [0.1, 0.15) is 19.3 Å². The van der Waals surface area contributed by atoms with E-state index in [0.717, 1.165) is 43.4 Å². The van der Waals surface area contributed by atoms with Crippen LogP contribution in [0, 0.1) is 0 Å². The van der Waals surface area contributed by atoms with Crippen LogP contribution in [0.5, 0.6) is 5.88 Å². The quantitative estimate of drug-likeness (QED) is 0.875. The first-order valence-electron chi connectivity index (χ1n) is 7.40. The Morgan fingerprint density at radius 1 is 1.38 bits per heavy atom. The molecule has 0 saturated carbocycles. The van der Waals surface area contributed by atoms with Crippen molar-refractivity contribution in [3.63, 3.8) is 0 Å². The van der Waals surface area contributed by atoms with Crippen molar-refractivity contribution < 1.29 is 9.47 Å². The van der Waals surface area contributed by atoms with E-state index in [-0.39, 0.29) is 11.7 Å². The Hall–Kier alpha value is -1.73. The van der Waals surface area contributed by atoms with Crippen LogP contribution in [0.3, 0.4) is 0 Å². The molecule has 0 bridgehead atoms. The highest BCUT2D eigenvalue weighted by atomic mass is 16.6. The van der Waals surface area contributed by atoms with Gasteiger partial charge in [-0.1, -0.05) is 0 Å². The van der Waals surface area contributed by atoms with Crippen LogP contribution in [-0.2, 0) is 11.8 Å². The summed E-state index contributed by atoms with van der Waals surface area (Å²) >= 11 is 0. The molecule has 7 heteroatoms. The lowest BCUT2D eigenvalue weighted by atomic mass is 9.89. The molecule has 2 fully saturated rings. The van der Waals surface area contributed by atoms with Gasteiger partial charge in [0.1, 0.15) is 17.8 Å². The summed E-state index contributed by atoms with van der Waals surface area (Å²) in [6.07, 6.45) is 6.37. The van der Waals surface area contributed by atoms with E-state index in [1.54, 1.807) is 10.9 Å². The molecule has 2 saturated heterocycles. The van der Waals surface area contributed by atoms with Gasteiger partial charge < -0.3 is 14.8 Å². The predicted octanol–water partition coefficient (Wildman–Crippen LogP) is 0.653. The van der Waals surface area contributed by atoms with Crippen molar-refractivity contribution in [2.24, 2.45) is 7.05 Å². The SMILES string of the molecule is Cn1ncc2c(OC3COC4(CCNCC4)C3)ncnc21. The molecule has 0 aromatic carbocycles. The third kappa shape index (κ3) is 2.26. The van der Waals surface area contributed by atoms with Crippen molar-refractivity contribution in [3.05, 3.63) is 12.5 Å². The maximum absolute atomic E-state index is 6.08. The lowest BCUT2D eigenvalue weighted by Gasteiger charge is -2.32. The van der Waals surface area contributed by atoms with Crippen LogP contribution in [0.4, 0.5) is 0 Å². The molecule has 2 aromatic heterocycles. The zero-order valence-corrected chi connectivity index (χ0v) is 12.1. The van der Waals surface area contributed by atoms with E-state index in [1.165, 1.54) is 6.33 Å². The number of rotatable bonds is 2. The normalized spacial score (nSPS) is 24.7. The zero-order chi connectivity index (χ0) is 14.3. The Morgan fingerprint density at radius 2 is 2.24 bits per heavy atom. The summed E-state index contributed by atoms with van der Waals surface area (Å²) in [6, 6.07) is 0. The molecule has 21 heavy (non-hydrogen) atoms. The first-order valence-corrected chi connectivity index (χ1v) is 7.40. The fourth-order valence-corrected chi connectivity index (χ4v) is 3.30. The van der Waals surface area contributed by atoms with Crippen LogP contribution < -0.4 is 10.1 Å². The van der Waals surface area contributed by atoms with Gasteiger partial charge in [0, 0.05) is 13.5 Å². The van der Waals surface area contributed by atoms with Gasteiger partial charge in [-0.3, -0.25) is 4.68 Å². The van der Waals surface area contributed by atoms with E-state index in [9.17, 15) is 0 Å². The number of hydrogen-bond acceptors (Lipinski definition) is 6. The van der Waals surface area contributed by atoms with Crippen molar-refractivity contribution in [1.82, 2.24) is 25.1 Å². The van der Waals surface area contributed by atoms with Gasteiger partial charge in [0.15, 0.2) is 5.65 Å². The van der Waals surface area contributed by atoms with E-state index in [4.69, 9.17) is 9.47 Å². The van der Waals surface area contributed by atoms with E-state index < -0.39 is 0 Å². The summed E-state index contributed by atoms with van der Waals surface area (Å²) in [5, 5.41) is 8.44. The highest BCUT2D eigenvalue weighted by Gasteiger charge is 2.42. The molecule has 1 unspecified atom stereocenters. The number of aromatic nitrogens is 4. The summed E-state index contributed by atoms with van der Waals surface area (Å²) in [6.45, 7) is 2.67. The lowest BCUT2D eigenvalue weighted by molar-refractivity contribution is -0.0205. The van der Waals surface area contributed by atoms with Gasteiger partial charge in [-0.2, -0.15) is 5.10 Å². The summed E-state index contributed by atoms with van der Waals surface area (Å²) in [7, 11) is 1.86. The lowest BCUT2D eigenvalue weighted by Crippen LogP contribution is -2.41. The summed E-state index contributed by atoms with van der Waals surface area (Å²) in [5.74, 6) is 0.604. The molecule has 4 heterocycles.